The Kier molecular flexibility index (Phi) is 3.98. The van der Waals surface area contributed by atoms with E-state index in [1.807, 2.05) is 13.2 Å². The minimum Gasteiger partial charge on any atom is -0.384 e. The lowest BCUT2D eigenvalue weighted by atomic mass is 10.5. The van der Waals surface area contributed by atoms with Crippen molar-refractivity contribution in [3.05, 3.63) is 11.9 Å². The van der Waals surface area contributed by atoms with E-state index in [1.54, 1.807) is 17.8 Å². The number of thioether (sulfide) groups is 1. The van der Waals surface area contributed by atoms with E-state index in [1.165, 1.54) is 0 Å². The maximum absolute atomic E-state index is 5.59. The Morgan fingerprint density at radius 2 is 2.31 bits per heavy atom. The minimum atomic E-state index is 0.426. The van der Waals surface area contributed by atoms with Gasteiger partial charge in [-0.15, -0.1) is 11.8 Å². The van der Waals surface area contributed by atoms with Crippen LogP contribution in [0.1, 0.15) is 12.7 Å². The molecule has 1 rings (SSSR count). The van der Waals surface area contributed by atoms with Gasteiger partial charge in [0, 0.05) is 12.7 Å². The molecule has 0 saturated carbocycles. The van der Waals surface area contributed by atoms with Crippen molar-refractivity contribution in [2.45, 2.75) is 18.6 Å². The second kappa shape index (κ2) is 5.04. The van der Waals surface area contributed by atoms with Gasteiger partial charge in [0.1, 0.15) is 17.5 Å². The van der Waals surface area contributed by atoms with Gasteiger partial charge >= 0.3 is 0 Å². The van der Waals surface area contributed by atoms with Gasteiger partial charge in [0.15, 0.2) is 5.82 Å². The molecule has 4 nitrogen and oxygen atoms in total. The number of hydrogen-bond donors (Lipinski definition) is 1. The molecule has 5 heteroatoms. The quantitative estimate of drug-likeness (QED) is 0.585. The first-order valence-electron chi connectivity index (χ1n) is 4.01. The predicted molar refractivity (Wildman–Crippen MR) is 53.6 cm³/mol. The van der Waals surface area contributed by atoms with E-state index >= 15 is 0 Å². The van der Waals surface area contributed by atoms with E-state index in [9.17, 15) is 0 Å². The highest BCUT2D eigenvalue weighted by Crippen LogP contribution is 2.13. The van der Waals surface area contributed by atoms with Gasteiger partial charge < -0.3 is 10.5 Å². The van der Waals surface area contributed by atoms with E-state index < -0.39 is 0 Å². The average Bonchev–Trinajstić information content (AvgIpc) is 2.14. The number of hydrogen-bond acceptors (Lipinski definition) is 5. The smallest absolute Gasteiger partial charge is 0.157 e. The van der Waals surface area contributed by atoms with Crippen LogP contribution >= 0.6 is 11.8 Å². The van der Waals surface area contributed by atoms with Crippen molar-refractivity contribution in [2.24, 2.45) is 0 Å². The third-order valence-electron chi connectivity index (χ3n) is 1.41. The SMILES string of the molecule is CCOCc1nc(N)cc(SC)n1. The van der Waals surface area contributed by atoms with Crippen molar-refractivity contribution in [3.8, 4) is 0 Å². The molecular formula is C8H13N3OS. The molecule has 1 heterocycles. The first-order valence-corrected chi connectivity index (χ1v) is 5.24. The Hall–Kier alpha value is -0.810. The molecule has 0 saturated heterocycles. The van der Waals surface area contributed by atoms with E-state index in [2.05, 4.69) is 9.97 Å². The Bertz CT molecular complexity index is 280. The molecule has 2 N–H and O–H groups in total. The van der Waals surface area contributed by atoms with Crippen molar-refractivity contribution in [1.29, 1.82) is 0 Å². The topological polar surface area (TPSA) is 61.0 Å². The summed E-state index contributed by atoms with van der Waals surface area (Å²) in [7, 11) is 0. The third-order valence-corrected chi connectivity index (χ3v) is 2.04. The average molecular weight is 199 g/mol. The highest BCUT2D eigenvalue weighted by atomic mass is 32.2. The molecule has 1 aromatic rings. The van der Waals surface area contributed by atoms with Gasteiger partial charge in [0.25, 0.3) is 0 Å². The van der Waals surface area contributed by atoms with Gasteiger partial charge in [-0.3, -0.25) is 0 Å². The minimum absolute atomic E-state index is 0.426. The summed E-state index contributed by atoms with van der Waals surface area (Å²) >= 11 is 1.54. The first-order chi connectivity index (χ1) is 6.26. The second-order valence-electron chi connectivity index (χ2n) is 2.39. The zero-order valence-electron chi connectivity index (χ0n) is 7.78. The van der Waals surface area contributed by atoms with Crippen LogP contribution in [0.2, 0.25) is 0 Å². The van der Waals surface area contributed by atoms with Crippen LogP contribution in [0.25, 0.3) is 0 Å². The molecule has 0 unspecified atom stereocenters. The fourth-order valence-electron chi connectivity index (χ4n) is 0.855. The molecule has 0 aromatic carbocycles. The van der Waals surface area contributed by atoms with Crippen LogP contribution in [0.3, 0.4) is 0 Å². The van der Waals surface area contributed by atoms with Crippen LogP contribution in [-0.4, -0.2) is 22.8 Å². The molecule has 1 aromatic heterocycles. The van der Waals surface area contributed by atoms with E-state index in [-0.39, 0.29) is 0 Å². The molecule has 0 aliphatic carbocycles. The van der Waals surface area contributed by atoms with Crippen molar-refractivity contribution in [2.75, 3.05) is 18.6 Å². The maximum Gasteiger partial charge on any atom is 0.157 e. The molecule has 13 heavy (non-hydrogen) atoms. The molecule has 0 fully saturated rings. The summed E-state index contributed by atoms with van der Waals surface area (Å²) in [4.78, 5) is 8.28. The molecule has 72 valence electrons. The van der Waals surface area contributed by atoms with Crippen LogP contribution in [0.15, 0.2) is 11.1 Å². The number of nitrogens with zero attached hydrogens (tertiary/aromatic N) is 2. The molecule has 0 radical (unpaired) electrons. The summed E-state index contributed by atoms with van der Waals surface area (Å²) in [6.07, 6.45) is 1.95. The van der Waals surface area contributed by atoms with Gasteiger partial charge in [0.05, 0.1) is 0 Å². The normalized spacial score (nSPS) is 10.3. The van der Waals surface area contributed by atoms with Crippen LogP contribution in [-0.2, 0) is 11.3 Å². The zero-order chi connectivity index (χ0) is 9.68. The molecule has 0 spiro atoms. The zero-order valence-corrected chi connectivity index (χ0v) is 8.60. The molecule has 0 bridgehead atoms. The number of anilines is 1. The Morgan fingerprint density at radius 1 is 1.54 bits per heavy atom. The number of nitrogens with two attached hydrogens (primary N) is 1. The van der Waals surface area contributed by atoms with Crippen molar-refractivity contribution in [3.63, 3.8) is 0 Å². The van der Waals surface area contributed by atoms with Crippen LogP contribution in [0.5, 0.6) is 0 Å². The largest absolute Gasteiger partial charge is 0.384 e. The number of rotatable bonds is 4. The van der Waals surface area contributed by atoms with Gasteiger partial charge in [-0.2, -0.15) is 0 Å². The fraction of sp³-hybridized carbons (Fsp3) is 0.500. The summed E-state index contributed by atoms with van der Waals surface area (Å²) < 4.78 is 5.18. The monoisotopic (exact) mass is 199 g/mol. The molecule has 0 aliphatic rings. The molecule has 0 amide bonds. The first kappa shape index (κ1) is 10.3. The lowest BCUT2D eigenvalue weighted by Gasteiger charge is -2.03. The van der Waals surface area contributed by atoms with Gasteiger partial charge in [-0.25, -0.2) is 9.97 Å². The van der Waals surface area contributed by atoms with Gasteiger partial charge in [-0.05, 0) is 13.2 Å². The number of ether oxygens (including phenoxy) is 1. The van der Waals surface area contributed by atoms with Crippen molar-refractivity contribution >= 4 is 17.6 Å². The second-order valence-corrected chi connectivity index (χ2v) is 3.22. The Labute approximate surface area is 81.9 Å². The van der Waals surface area contributed by atoms with Gasteiger partial charge in [0.2, 0.25) is 0 Å². The van der Waals surface area contributed by atoms with Crippen LogP contribution < -0.4 is 5.73 Å². The van der Waals surface area contributed by atoms with E-state index in [0.29, 0.717) is 24.9 Å². The summed E-state index contributed by atoms with van der Waals surface area (Å²) in [5.41, 5.74) is 5.59. The predicted octanol–water partition coefficient (Wildman–Crippen LogP) is 1.32. The number of aromatic nitrogens is 2. The number of nitrogen functional groups attached to an aromatic ring is 1. The highest BCUT2D eigenvalue weighted by Gasteiger charge is 2.01. The summed E-state index contributed by atoms with van der Waals surface area (Å²) in [5.74, 6) is 1.14. The van der Waals surface area contributed by atoms with E-state index in [4.69, 9.17) is 10.5 Å². The summed E-state index contributed by atoms with van der Waals surface area (Å²) in [6, 6.07) is 1.75. The van der Waals surface area contributed by atoms with E-state index in [0.717, 1.165) is 5.03 Å². The van der Waals surface area contributed by atoms with Crippen molar-refractivity contribution in [1.82, 2.24) is 9.97 Å². The molecule has 0 aliphatic heterocycles. The standard InChI is InChI=1S/C8H13N3OS/c1-3-12-5-7-10-6(9)4-8(11-7)13-2/h4H,3,5H2,1-2H3,(H2,9,10,11). The lowest BCUT2D eigenvalue weighted by Crippen LogP contribution is -2.02. The molecular weight excluding hydrogens is 186 g/mol. The maximum atomic E-state index is 5.59. The Balaban J connectivity index is 2.76. The summed E-state index contributed by atoms with van der Waals surface area (Å²) in [6.45, 7) is 3.02. The van der Waals surface area contributed by atoms with Crippen LogP contribution in [0.4, 0.5) is 5.82 Å². The fourth-order valence-corrected chi connectivity index (χ4v) is 1.29. The molecule has 0 atom stereocenters. The van der Waals surface area contributed by atoms with Crippen molar-refractivity contribution < 1.29 is 4.74 Å². The summed E-state index contributed by atoms with van der Waals surface area (Å²) in [5, 5.41) is 0.877. The Morgan fingerprint density at radius 3 is 2.92 bits per heavy atom. The van der Waals surface area contributed by atoms with Gasteiger partial charge in [-0.1, -0.05) is 0 Å². The third kappa shape index (κ3) is 3.20. The van der Waals surface area contributed by atoms with Crippen LogP contribution in [0, 0.1) is 0 Å². The lowest BCUT2D eigenvalue weighted by molar-refractivity contribution is 0.128. The highest BCUT2D eigenvalue weighted by molar-refractivity contribution is 7.98.